The summed E-state index contributed by atoms with van der Waals surface area (Å²) in [6.07, 6.45) is 0.132. The minimum atomic E-state index is -0.272. The van der Waals surface area contributed by atoms with E-state index in [-0.39, 0.29) is 49.3 Å². The van der Waals surface area contributed by atoms with Crippen LogP contribution in [-0.4, -0.2) is 43.5 Å². The average molecular weight is 319 g/mol. The second-order valence-corrected chi connectivity index (χ2v) is 5.41. The lowest BCUT2D eigenvalue weighted by molar-refractivity contribution is -0.128. The molecule has 0 heterocycles. The van der Waals surface area contributed by atoms with Crippen molar-refractivity contribution in [1.29, 1.82) is 0 Å². The molecule has 0 spiro atoms. The number of hydrogen-bond donors (Lipinski definition) is 0. The number of rotatable bonds is 9. The van der Waals surface area contributed by atoms with Gasteiger partial charge in [-0.05, 0) is 31.5 Å². The van der Waals surface area contributed by atoms with Crippen LogP contribution in [0.4, 0.5) is 5.69 Å². The summed E-state index contributed by atoms with van der Waals surface area (Å²) in [6.45, 7) is 2.52. The summed E-state index contributed by atoms with van der Waals surface area (Å²) in [5, 5.41) is 0. The average Bonchev–Trinajstić information content (AvgIpc) is 2.45. The number of carbonyl (C=O) groups excluding carboxylic acids is 4. The van der Waals surface area contributed by atoms with Crippen LogP contribution in [0.3, 0.4) is 0 Å². The van der Waals surface area contributed by atoms with E-state index >= 15 is 0 Å². The first kappa shape index (κ1) is 18.7. The highest BCUT2D eigenvalue weighted by Gasteiger charge is 2.12. The molecule has 0 saturated carbocycles. The zero-order valence-corrected chi connectivity index (χ0v) is 13.6. The minimum absolute atomic E-state index is 0.0619. The maximum absolute atomic E-state index is 11.9. The van der Waals surface area contributed by atoms with Crippen molar-refractivity contribution < 1.29 is 23.9 Å². The van der Waals surface area contributed by atoms with Gasteiger partial charge in [0.25, 0.3) is 5.91 Å². The number of anilines is 1. The summed E-state index contributed by atoms with van der Waals surface area (Å²) in [5.74, 6) is -0.693. The highest BCUT2D eigenvalue weighted by Crippen LogP contribution is 2.15. The summed E-state index contributed by atoms with van der Waals surface area (Å²) < 4.78 is 5.00. The predicted molar refractivity (Wildman–Crippen MR) is 85.4 cm³/mol. The van der Waals surface area contributed by atoms with Crippen LogP contribution >= 0.6 is 0 Å². The Kier molecular flexibility index (Phi) is 7.28. The lowest BCUT2D eigenvalue weighted by Crippen LogP contribution is -2.30. The van der Waals surface area contributed by atoms with Crippen molar-refractivity contribution >= 4 is 28.9 Å². The van der Waals surface area contributed by atoms with Gasteiger partial charge in [-0.15, -0.1) is 0 Å². The van der Waals surface area contributed by atoms with E-state index in [4.69, 9.17) is 4.74 Å². The Morgan fingerprint density at radius 1 is 0.957 bits per heavy atom. The second-order valence-electron chi connectivity index (χ2n) is 5.41. The van der Waals surface area contributed by atoms with E-state index in [9.17, 15) is 19.2 Å². The Morgan fingerprint density at radius 2 is 1.57 bits per heavy atom. The molecular formula is C17H21NO5. The van der Waals surface area contributed by atoms with E-state index in [0.29, 0.717) is 5.69 Å². The van der Waals surface area contributed by atoms with Gasteiger partial charge in [-0.1, -0.05) is 12.1 Å². The molecule has 1 amide bonds. The molecule has 6 nitrogen and oxygen atoms in total. The minimum Gasteiger partial charge on any atom is -0.364 e. The molecule has 0 aliphatic heterocycles. The van der Waals surface area contributed by atoms with E-state index in [1.807, 2.05) is 0 Å². The van der Waals surface area contributed by atoms with Crippen molar-refractivity contribution in [1.82, 2.24) is 0 Å². The molecule has 0 aromatic heterocycles. The zero-order valence-electron chi connectivity index (χ0n) is 13.6. The van der Waals surface area contributed by atoms with Crippen LogP contribution < -0.4 is 4.90 Å². The molecule has 0 atom stereocenters. The first-order valence-corrected chi connectivity index (χ1v) is 7.23. The van der Waals surface area contributed by atoms with Crippen LogP contribution in [0, 0.1) is 0 Å². The Balaban J connectivity index is 2.57. The highest BCUT2D eigenvalue weighted by molar-refractivity contribution is 5.99. The Hall–Kier alpha value is -2.34. The van der Waals surface area contributed by atoms with Crippen molar-refractivity contribution in [3.8, 4) is 0 Å². The molecule has 0 bridgehead atoms. The third-order valence-electron chi connectivity index (χ3n) is 3.08. The van der Waals surface area contributed by atoms with Crippen LogP contribution in [0.15, 0.2) is 24.3 Å². The monoisotopic (exact) mass is 319 g/mol. The van der Waals surface area contributed by atoms with Crippen LogP contribution in [-0.2, 0) is 30.3 Å². The SMILES string of the molecule is CC(=O)COCC(=O)N(C)c1ccc(CC(=O)CC(C)=O)cc1. The normalized spacial score (nSPS) is 10.2. The summed E-state index contributed by atoms with van der Waals surface area (Å²) >= 11 is 0. The zero-order chi connectivity index (χ0) is 17.4. The summed E-state index contributed by atoms with van der Waals surface area (Å²) in [4.78, 5) is 46.6. The van der Waals surface area contributed by atoms with Crippen LogP contribution in [0.1, 0.15) is 25.8 Å². The van der Waals surface area contributed by atoms with E-state index in [1.165, 1.54) is 18.7 Å². The number of nitrogens with zero attached hydrogens (tertiary/aromatic N) is 1. The van der Waals surface area contributed by atoms with Crippen LogP contribution in [0.25, 0.3) is 0 Å². The third-order valence-corrected chi connectivity index (χ3v) is 3.08. The molecular weight excluding hydrogens is 298 g/mol. The van der Waals surface area contributed by atoms with Gasteiger partial charge >= 0.3 is 0 Å². The van der Waals surface area contributed by atoms with Crippen LogP contribution in [0.5, 0.6) is 0 Å². The molecule has 0 aliphatic rings. The van der Waals surface area contributed by atoms with E-state index in [1.54, 1.807) is 31.3 Å². The molecule has 1 aromatic carbocycles. The number of Topliss-reactive ketones (excluding diaryl/α,β-unsaturated/α-hetero) is 3. The van der Waals surface area contributed by atoms with E-state index in [2.05, 4.69) is 0 Å². The number of benzene rings is 1. The lowest BCUT2D eigenvalue weighted by Gasteiger charge is -2.17. The maximum atomic E-state index is 11.9. The Bertz CT molecular complexity index is 592. The smallest absolute Gasteiger partial charge is 0.252 e. The van der Waals surface area contributed by atoms with Gasteiger partial charge in [0.15, 0.2) is 5.78 Å². The fourth-order valence-corrected chi connectivity index (χ4v) is 1.93. The molecule has 0 unspecified atom stereocenters. The van der Waals surface area contributed by atoms with Gasteiger partial charge in [0, 0.05) is 19.2 Å². The Morgan fingerprint density at radius 3 is 2.09 bits per heavy atom. The highest BCUT2D eigenvalue weighted by atomic mass is 16.5. The molecule has 0 N–H and O–H groups in total. The first-order chi connectivity index (χ1) is 10.8. The van der Waals surface area contributed by atoms with Gasteiger partial charge < -0.3 is 9.64 Å². The molecule has 6 heteroatoms. The number of ether oxygens (including phenoxy) is 1. The maximum Gasteiger partial charge on any atom is 0.252 e. The number of amides is 1. The molecule has 0 radical (unpaired) electrons. The summed E-state index contributed by atoms with van der Waals surface area (Å²) in [6, 6.07) is 6.93. The number of carbonyl (C=O) groups is 4. The summed E-state index contributed by atoms with van der Waals surface area (Å²) in [5.41, 5.74) is 1.44. The molecule has 124 valence electrons. The standard InChI is InChI=1S/C17H21NO5/c1-12(19)8-16(21)9-14-4-6-15(7-5-14)18(3)17(22)11-23-10-13(2)20/h4-7H,8-11H2,1-3H3. The fraction of sp³-hybridized carbons (Fsp3) is 0.412. The quantitative estimate of drug-likeness (QED) is 0.642. The summed E-state index contributed by atoms with van der Waals surface area (Å²) in [7, 11) is 1.61. The molecule has 1 rings (SSSR count). The first-order valence-electron chi connectivity index (χ1n) is 7.23. The van der Waals surface area contributed by atoms with Gasteiger partial charge in [-0.2, -0.15) is 0 Å². The number of likely N-dealkylation sites (N-methyl/N-ethyl adjacent to an activating group) is 1. The van der Waals surface area contributed by atoms with E-state index < -0.39 is 0 Å². The van der Waals surface area contributed by atoms with Crippen molar-refractivity contribution in [2.45, 2.75) is 26.7 Å². The molecule has 1 aromatic rings. The molecule has 0 fully saturated rings. The lowest BCUT2D eigenvalue weighted by atomic mass is 10.1. The van der Waals surface area contributed by atoms with Gasteiger partial charge in [-0.3, -0.25) is 19.2 Å². The van der Waals surface area contributed by atoms with Gasteiger partial charge in [0.2, 0.25) is 0 Å². The van der Waals surface area contributed by atoms with Crippen LogP contribution in [0.2, 0.25) is 0 Å². The second kappa shape index (κ2) is 8.95. The topological polar surface area (TPSA) is 80.8 Å². The fourth-order valence-electron chi connectivity index (χ4n) is 1.93. The van der Waals surface area contributed by atoms with Gasteiger partial charge in [0.05, 0.1) is 6.42 Å². The van der Waals surface area contributed by atoms with Crippen molar-refractivity contribution in [3.63, 3.8) is 0 Å². The largest absolute Gasteiger partial charge is 0.364 e. The molecule has 0 aliphatic carbocycles. The third kappa shape index (κ3) is 6.97. The molecule has 0 saturated heterocycles. The number of ketones is 3. The van der Waals surface area contributed by atoms with Crippen molar-refractivity contribution in [3.05, 3.63) is 29.8 Å². The van der Waals surface area contributed by atoms with Gasteiger partial charge in [-0.25, -0.2) is 0 Å². The molecule has 23 heavy (non-hydrogen) atoms. The number of hydrogen-bond acceptors (Lipinski definition) is 5. The Labute approximate surface area is 135 Å². The van der Waals surface area contributed by atoms with Crippen molar-refractivity contribution in [2.75, 3.05) is 25.2 Å². The predicted octanol–water partition coefficient (Wildman–Crippen LogP) is 1.35. The van der Waals surface area contributed by atoms with Gasteiger partial charge in [0.1, 0.15) is 24.8 Å². The van der Waals surface area contributed by atoms with E-state index in [0.717, 1.165) is 5.56 Å². The van der Waals surface area contributed by atoms with Crippen molar-refractivity contribution in [2.24, 2.45) is 0 Å².